The van der Waals surface area contributed by atoms with Gasteiger partial charge >= 0.3 is 5.97 Å². The Kier molecular flexibility index (Phi) is 9.35. The average Bonchev–Trinajstić information content (AvgIpc) is 2.64. The van der Waals surface area contributed by atoms with Crippen LogP contribution in [0.3, 0.4) is 0 Å². The van der Waals surface area contributed by atoms with Crippen molar-refractivity contribution in [3.05, 3.63) is 23.8 Å². The van der Waals surface area contributed by atoms with E-state index in [0.717, 1.165) is 0 Å². The number of carboxylic acids is 1. The molecule has 144 valence electrons. The SMILES string of the molecule is COc1ccc(C(=O)NCCC(=O)N[C@H](CCSC)C(=O)O)cc1OC. The summed E-state index contributed by atoms with van der Waals surface area (Å²) in [7, 11) is 2.97. The normalized spacial score (nSPS) is 11.3. The molecule has 1 rings (SSSR count). The number of hydrogen-bond acceptors (Lipinski definition) is 6. The Labute approximate surface area is 156 Å². The number of carbonyl (C=O) groups is 3. The first-order chi connectivity index (χ1) is 12.4. The van der Waals surface area contributed by atoms with Crippen molar-refractivity contribution in [2.45, 2.75) is 18.9 Å². The molecule has 3 N–H and O–H groups in total. The van der Waals surface area contributed by atoms with Crippen molar-refractivity contribution in [3.63, 3.8) is 0 Å². The summed E-state index contributed by atoms with van der Waals surface area (Å²) in [6.45, 7) is 0.0911. The van der Waals surface area contributed by atoms with E-state index in [1.165, 1.54) is 32.0 Å². The molecule has 9 heteroatoms. The van der Waals surface area contributed by atoms with Gasteiger partial charge < -0.3 is 25.2 Å². The molecule has 2 amide bonds. The van der Waals surface area contributed by atoms with Crippen LogP contribution >= 0.6 is 11.8 Å². The van der Waals surface area contributed by atoms with Crippen LogP contribution in [0, 0.1) is 0 Å². The summed E-state index contributed by atoms with van der Waals surface area (Å²) in [4.78, 5) is 35.1. The molecule has 0 unspecified atom stereocenters. The number of rotatable bonds is 11. The third-order valence-corrected chi connectivity index (χ3v) is 4.17. The molecular formula is C17H24N2O6S. The van der Waals surface area contributed by atoms with Crippen LogP contribution in [0.4, 0.5) is 0 Å². The highest BCUT2D eigenvalue weighted by Gasteiger charge is 2.19. The lowest BCUT2D eigenvalue weighted by Gasteiger charge is -2.14. The Morgan fingerprint density at radius 1 is 1.19 bits per heavy atom. The van der Waals surface area contributed by atoms with Gasteiger partial charge in [0.25, 0.3) is 5.91 Å². The van der Waals surface area contributed by atoms with Crippen molar-refractivity contribution < 1.29 is 29.0 Å². The summed E-state index contributed by atoms with van der Waals surface area (Å²) in [5.41, 5.74) is 0.367. The second-order valence-electron chi connectivity index (χ2n) is 5.32. The highest BCUT2D eigenvalue weighted by Crippen LogP contribution is 2.27. The fourth-order valence-electron chi connectivity index (χ4n) is 2.13. The zero-order valence-electron chi connectivity index (χ0n) is 15.0. The molecule has 0 fully saturated rings. The minimum absolute atomic E-state index is 0.0118. The van der Waals surface area contributed by atoms with Crippen LogP contribution in [-0.2, 0) is 9.59 Å². The van der Waals surface area contributed by atoms with E-state index < -0.39 is 17.9 Å². The molecule has 0 spiro atoms. The van der Waals surface area contributed by atoms with Gasteiger partial charge in [-0.1, -0.05) is 0 Å². The zero-order chi connectivity index (χ0) is 19.5. The molecule has 8 nitrogen and oxygen atoms in total. The summed E-state index contributed by atoms with van der Waals surface area (Å²) >= 11 is 1.51. The predicted octanol–water partition coefficient (Wildman–Crippen LogP) is 1.15. The highest BCUT2D eigenvalue weighted by atomic mass is 32.2. The number of methoxy groups -OCH3 is 2. The minimum Gasteiger partial charge on any atom is -0.493 e. The number of aliphatic carboxylic acids is 1. The number of thioether (sulfide) groups is 1. The number of benzene rings is 1. The molecule has 0 aliphatic carbocycles. The molecule has 0 aliphatic heterocycles. The molecular weight excluding hydrogens is 360 g/mol. The first-order valence-corrected chi connectivity index (χ1v) is 9.33. The Balaban J connectivity index is 2.50. The number of hydrogen-bond donors (Lipinski definition) is 3. The van der Waals surface area contributed by atoms with Crippen LogP contribution in [-0.4, -0.2) is 61.7 Å². The van der Waals surface area contributed by atoms with Crippen molar-refractivity contribution in [2.24, 2.45) is 0 Å². The lowest BCUT2D eigenvalue weighted by Crippen LogP contribution is -2.42. The Morgan fingerprint density at radius 2 is 1.88 bits per heavy atom. The summed E-state index contributed by atoms with van der Waals surface area (Å²) in [5.74, 6) is -0.291. The van der Waals surface area contributed by atoms with Gasteiger partial charge in [0.2, 0.25) is 5.91 Å². The van der Waals surface area contributed by atoms with E-state index in [2.05, 4.69) is 10.6 Å². The van der Waals surface area contributed by atoms with E-state index >= 15 is 0 Å². The van der Waals surface area contributed by atoms with Crippen LogP contribution in [0.1, 0.15) is 23.2 Å². The van der Waals surface area contributed by atoms with Crippen LogP contribution in [0.2, 0.25) is 0 Å². The van der Waals surface area contributed by atoms with Crippen molar-refractivity contribution in [1.29, 1.82) is 0 Å². The second kappa shape index (κ2) is 11.2. The van der Waals surface area contributed by atoms with Crippen molar-refractivity contribution in [1.82, 2.24) is 10.6 Å². The van der Waals surface area contributed by atoms with Gasteiger partial charge in [0.1, 0.15) is 6.04 Å². The Morgan fingerprint density at radius 3 is 2.46 bits per heavy atom. The van der Waals surface area contributed by atoms with E-state index in [1.807, 2.05) is 6.26 Å². The number of carboxylic acid groups (broad SMARTS) is 1. The molecule has 1 aromatic rings. The maximum atomic E-state index is 12.1. The smallest absolute Gasteiger partial charge is 0.326 e. The zero-order valence-corrected chi connectivity index (χ0v) is 15.9. The van der Waals surface area contributed by atoms with Crippen LogP contribution < -0.4 is 20.1 Å². The average molecular weight is 384 g/mol. The van der Waals surface area contributed by atoms with Gasteiger partial charge in [0, 0.05) is 18.5 Å². The Bertz CT molecular complexity index is 638. The lowest BCUT2D eigenvalue weighted by atomic mass is 10.2. The van der Waals surface area contributed by atoms with Crippen LogP contribution in [0.25, 0.3) is 0 Å². The van der Waals surface area contributed by atoms with Gasteiger partial charge in [-0.3, -0.25) is 9.59 Å². The number of nitrogens with one attached hydrogen (secondary N) is 2. The molecule has 0 radical (unpaired) electrons. The van der Waals surface area contributed by atoms with Crippen molar-refractivity contribution in [2.75, 3.05) is 32.8 Å². The van der Waals surface area contributed by atoms with Crippen molar-refractivity contribution in [3.8, 4) is 11.5 Å². The van der Waals surface area contributed by atoms with E-state index in [1.54, 1.807) is 12.1 Å². The first kappa shape index (κ1) is 21.6. The first-order valence-electron chi connectivity index (χ1n) is 7.94. The standard InChI is InChI=1S/C17H24N2O6S/c1-24-13-5-4-11(10-14(13)25-2)16(21)18-8-6-15(20)19-12(17(22)23)7-9-26-3/h4-5,10,12H,6-9H2,1-3H3,(H,18,21)(H,19,20)(H,22,23)/t12-/m1/s1. The van der Waals surface area contributed by atoms with Crippen LogP contribution in [0.15, 0.2) is 18.2 Å². The molecule has 1 aromatic carbocycles. The number of carbonyl (C=O) groups excluding carboxylic acids is 2. The maximum Gasteiger partial charge on any atom is 0.326 e. The van der Waals surface area contributed by atoms with E-state index in [0.29, 0.717) is 29.2 Å². The fraction of sp³-hybridized carbons (Fsp3) is 0.471. The second-order valence-corrected chi connectivity index (χ2v) is 6.30. The van der Waals surface area contributed by atoms with Gasteiger partial charge in [-0.2, -0.15) is 11.8 Å². The molecule has 0 bridgehead atoms. The number of amides is 2. The molecule has 0 heterocycles. The summed E-state index contributed by atoms with van der Waals surface area (Å²) < 4.78 is 10.3. The van der Waals surface area contributed by atoms with Gasteiger partial charge in [-0.05, 0) is 36.6 Å². The topological polar surface area (TPSA) is 114 Å². The van der Waals surface area contributed by atoms with Crippen molar-refractivity contribution >= 4 is 29.5 Å². The Hall–Kier alpha value is -2.42. The highest BCUT2D eigenvalue weighted by molar-refractivity contribution is 7.98. The minimum atomic E-state index is -1.07. The van der Waals surface area contributed by atoms with Crippen LogP contribution in [0.5, 0.6) is 11.5 Å². The fourth-order valence-corrected chi connectivity index (χ4v) is 2.60. The molecule has 1 atom stereocenters. The van der Waals surface area contributed by atoms with E-state index in [4.69, 9.17) is 14.6 Å². The molecule has 0 saturated heterocycles. The largest absolute Gasteiger partial charge is 0.493 e. The quantitative estimate of drug-likeness (QED) is 0.524. The molecule has 26 heavy (non-hydrogen) atoms. The lowest BCUT2D eigenvalue weighted by molar-refractivity contribution is -0.141. The van der Waals surface area contributed by atoms with Gasteiger partial charge in [-0.15, -0.1) is 0 Å². The third kappa shape index (κ3) is 6.83. The molecule has 0 saturated carbocycles. The van der Waals surface area contributed by atoms with Gasteiger partial charge in [-0.25, -0.2) is 4.79 Å². The monoisotopic (exact) mass is 384 g/mol. The van der Waals surface area contributed by atoms with E-state index in [-0.39, 0.29) is 18.9 Å². The summed E-state index contributed by atoms with van der Waals surface area (Å²) in [5, 5.41) is 14.2. The number of ether oxygens (including phenoxy) is 2. The van der Waals surface area contributed by atoms with Gasteiger partial charge in [0.05, 0.1) is 14.2 Å². The molecule has 0 aromatic heterocycles. The van der Waals surface area contributed by atoms with E-state index in [9.17, 15) is 14.4 Å². The van der Waals surface area contributed by atoms with Gasteiger partial charge in [0.15, 0.2) is 11.5 Å². The predicted molar refractivity (Wildman–Crippen MR) is 99.1 cm³/mol. The summed E-state index contributed by atoms with van der Waals surface area (Å²) in [6, 6.07) is 3.82. The molecule has 0 aliphatic rings. The summed E-state index contributed by atoms with van der Waals surface area (Å²) in [6.07, 6.45) is 2.20. The maximum absolute atomic E-state index is 12.1. The third-order valence-electron chi connectivity index (χ3n) is 3.53.